The summed E-state index contributed by atoms with van der Waals surface area (Å²) in [5.41, 5.74) is 0.458. The summed E-state index contributed by atoms with van der Waals surface area (Å²) in [5, 5.41) is 14.2. The lowest BCUT2D eigenvalue weighted by molar-refractivity contribution is -0.0885. The summed E-state index contributed by atoms with van der Waals surface area (Å²) in [4.78, 5) is 30.4. The molecule has 0 saturated heterocycles. The minimum Gasteiger partial charge on any atom is -0.336 e. The van der Waals surface area contributed by atoms with Crippen LogP contribution in [0.1, 0.15) is 47.8 Å². The van der Waals surface area contributed by atoms with Gasteiger partial charge in [0.25, 0.3) is 5.78 Å². The molecule has 1 atom stereocenters. The number of ketones is 1. The Morgan fingerprint density at radius 2 is 2.05 bits per heavy atom. The standard InChI is InChI=1S/C27H27F3N8O2/c1-3-4-8-20-16-37(24-21(9-14-36(24)2)22(39)27(28,29)30)25(40)38(20)17-26(10-12-31-13-11-26)19-7-5-6-18(15-19)23-32-34-35-33-23/h5-7,9-10,12-16H,3-4,8,11,17H2,1-2H3,(H,32,33,34,35). The van der Waals surface area contributed by atoms with E-state index in [9.17, 15) is 22.8 Å². The van der Waals surface area contributed by atoms with Crippen LogP contribution in [0.4, 0.5) is 13.2 Å². The number of tetrazole rings is 1. The Hall–Kier alpha value is -4.55. The lowest BCUT2D eigenvalue weighted by Crippen LogP contribution is -2.37. The summed E-state index contributed by atoms with van der Waals surface area (Å²) >= 11 is 0. The Labute approximate surface area is 226 Å². The highest BCUT2D eigenvalue weighted by atomic mass is 19.4. The van der Waals surface area contributed by atoms with Crippen molar-refractivity contribution in [3.8, 4) is 17.2 Å². The zero-order valence-electron chi connectivity index (χ0n) is 21.9. The number of hydrogen-bond donors (Lipinski definition) is 1. The second-order valence-corrected chi connectivity index (χ2v) is 9.78. The molecular formula is C27H27F3N8O2. The molecule has 0 saturated carbocycles. The van der Waals surface area contributed by atoms with Gasteiger partial charge in [-0.15, -0.1) is 10.2 Å². The predicted molar refractivity (Wildman–Crippen MR) is 142 cm³/mol. The Morgan fingerprint density at radius 3 is 2.73 bits per heavy atom. The van der Waals surface area contributed by atoms with Crippen LogP contribution in [-0.2, 0) is 25.4 Å². The summed E-state index contributed by atoms with van der Waals surface area (Å²) in [7, 11) is 1.50. The minimum absolute atomic E-state index is 0.127. The molecule has 1 unspecified atom stereocenters. The largest absolute Gasteiger partial charge is 0.455 e. The van der Waals surface area contributed by atoms with Gasteiger partial charge in [-0.3, -0.25) is 18.9 Å². The van der Waals surface area contributed by atoms with Crippen LogP contribution in [-0.4, -0.2) is 52.5 Å². The molecule has 1 aliphatic heterocycles. The van der Waals surface area contributed by atoms with E-state index in [1.807, 2.05) is 37.3 Å². The number of nitrogens with zero attached hydrogens (tertiary/aromatic N) is 7. The van der Waals surface area contributed by atoms with Gasteiger partial charge in [0.1, 0.15) is 5.82 Å². The number of hydrogen-bond acceptors (Lipinski definition) is 6. The number of Topliss-reactive ketones (excluding diaryl/α,β-unsaturated/α-hetero) is 1. The van der Waals surface area contributed by atoms with Gasteiger partial charge >= 0.3 is 11.9 Å². The van der Waals surface area contributed by atoms with Crippen LogP contribution in [0.25, 0.3) is 17.2 Å². The molecule has 0 fully saturated rings. The maximum Gasteiger partial charge on any atom is 0.455 e. The molecule has 4 aromatic rings. The fraction of sp³-hybridized carbons (Fsp3) is 0.333. The molecular weight excluding hydrogens is 525 g/mol. The van der Waals surface area contributed by atoms with E-state index in [-0.39, 0.29) is 12.4 Å². The maximum absolute atomic E-state index is 14.0. The third-order valence-electron chi connectivity index (χ3n) is 7.14. The molecule has 0 amide bonds. The molecule has 208 valence electrons. The molecule has 0 aliphatic carbocycles. The van der Waals surface area contributed by atoms with Crippen molar-refractivity contribution < 1.29 is 18.0 Å². The summed E-state index contributed by atoms with van der Waals surface area (Å²) in [6.45, 7) is 2.21. The number of aromatic nitrogens is 7. The minimum atomic E-state index is -5.08. The number of aliphatic imine (C=N–C) groups is 1. The number of carbonyl (C=O) groups is 1. The van der Waals surface area contributed by atoms with Crippen LogP contribution >= 0.6 is 0 Å². The highest BCUT2D eigenvalue weighted by molar-refractivity contribution is 6.03. The van der Waals surface area contributed by atoms with Gasteiger partial charge in [-0.1, -0.05) is 37.6 Å². The Kier molecular flexibility index (Phi) is 7.13. The highest BCUT2D eigenvalue weighted by Crippen LogP contribution is 2.35. The first-order valence-electron chi connectivity index (χ1n) is 12.8. The van der Waals surface area contributed by atoms with Gasteiger partial charge in [0.05, 0.1) is 5.56 Å². The molecule has 1 aliphatic rings. The molecule has 40 heavy (non-hydrogen) atoms. The Balaban J connectivity index is 1.64. The molecule has 0 bridgehead atoms. The number of nitrogens with one attached hydrogen (secondary N) is 1. The van der Waals surface area contributed by atoms with E-state index in [0.29, 0.717) is 24.4 Å². The van der Waals surface area contributed by atoms with Crippen LogP contribution in [0.3, 0.4) is 0 Å². The van der Waals surface area contributed by atoms with E-state index in [0.717, 1.165) is 34.6 Å². The van der Waals surface area contributed by atoms with E-state index in [1.54, 1.807) is 23.2 Å². The van der Waals surface area contributed by atoms with Crippen molar-refractivity contribution in [3.05, 3.63) is 82.3 Å². The number of unbranched alkanes of at least 4 members (excludes halogenated alkanes) is 1. The maximum atomic E-state index is 14.0. The highest BCUT2D eigenvalue weighted by Gasteiger charge is 2.42. The van der Waals surface area contributed by atoms with Crippen molar-refractivity contribution in [1.29, 1.82) is 0 Å². The van der Waals surface area contributed by atoms with E-state index in [4.69, 9.17) is 0 Å². The zero-order chi connectivity index (χ0) is 28.5. The van der Waals surface area contributed by atoms with Gasteiger partial charge in [-0.2, -0.15) is 18.4 Å². The smallest absolute Gasteiger partial charge is 0.336 e. The summed E-state index contributed by atoms with van der Waals surface area (Å²) < 4.78 is 44.3. The van der Waals surface area contributed by atoms with Crippen molar-refractivity contribution in [2.45, 2.75) is 50.7 Å². The number of allylic oxidation sites excluding steroid dienone is 1. The Morgan fingerprint density at radius 1 is 1.23 bits per heavy atom. The average Bonchev–Trinajstić information content (AvgIpc) is 3.68. The van der Waals surface area contributed by atoms with Crippen LogP contribution in [0.5, 0.6) is 0 Å². The summed E-state index contributed by atoms with van der Waals surface area (Å²) in [6, 6.07) is 8.68. The van der Waals surface area contributed by atoms with Crippen LogP contribution in [0, 0.1) is 0 Å². The van der Waals surface area contributed by atoms with Gasteiger partial charge in [0, 0.05) is 55.1 Å². The van der Waals surface area contributed by atoms with E-state index in [1.165, 1.54) is 17.8 Å². The van der Waals surface area contributed by atoms with Crippen molar-refractivity contribution in [1.82, 2.24) is 34.3 Å². The molecule has 5 rings (SSSR count). The number of aromatic amines is 1. The quantitative estimate of drug-likeness (QED) is 0.313. The second kappa shape index (κ2) is 10.5. The van der Waals surface area contributed by atoms with Crippen molar-refractivity contribution >= 4 is 12.0 Å². The molecule has 3 aromatic heterocycles. The number of imidazole rings is 1. The normalized spacial score (nSPS) is 17.0. The van der Waals surface area contributed by atoms with E-state index < -0.39 is 28.6 Å². The van der Waals surface area contributed by atoms with Crippen LogP contribution < -0.4 is 5.69 Å². The molecule has 0 radical (unpaired) electrons. The van der Waals surface area contributed by atoms with Gasteiger partial charge in [-0.05, 0) is 42.2 Å². The number of rotatable bonds is 9. The molecule has 1 N–H and O–H groups in total. The van der Waals surface area contributed by atoms with Gasteiger partial charge in [0.15, 0.2) is 0 Å². The second-order valence-electron chi connectivity index (χ2n) is 9.78. The van der Waals surface area contributed by atoms with Crippen molar-refractivity contribution in [3.63, 3.8) is 0 Å². The van der Waals surface area contributed by atoms with Crippen molar-refractivity contribution in [2.75, 3.05) is 0 Å². The number of H-pyrrole nitrogens is 1. The average molecular weight is 553 g/mol. The molecule has 4 heterocycles. The predicted octanol–water partition coefficient (Wildman–Crippen LogP) is 4.17. The zero-order valence-corrected chi connectivity index (χ0v) is 21.9. The van der Waals surface area contributed by atoms with Crippen molar-refractivity contribution in [2.24, 2.45) is 12.0 Å². The number of benzene rings is 1. The Bertz CT molecular complexity index is 1640. The molecule has 0 spiro atoms. The first-order valence-corrected chi connectivity index (χ1v) is 12.8. The summed E-state index contributed by atoms with van der Waals surface area (Å²) in [6.07, 6.45) is 5.81. The molecule has 13 heteroatoms. The number of aryl methyl sites for hydroxylation is 2. The van der Waals surface area contributed by atoms with E-state index in [2.05, 4.69) is 25.6 Å². The molecule has 1 aromatic carbocycles. The third-order valence-corrected chi connectivity index (χ3v) is 7.14. The topological polar surface area (TPSA) is 116 Å². The SMILES string of the molecule is CCCCc1cn(-c2c(C(=O)C(F)(F)F)ccn2C)c(=O)n1CC1(c2cccc(-c3nn[nH]n3)c2)C=CN=CC1. The van der Waals surface area contributed by atoms with E-state index >= 15 is 0 Å². The summed E-state index contributed by atoms with van der Waals surface area (Å²) in [5.74, 6) is -1.71. The monoisotopic (exact) mass is 552 g/mol. The third kappa shape index (κ3) is 4.94. The van der Waals surface area contributed by atoms with Gasteiger partial charge in [0.2, 0.25) is 5.82 Å². The number of halogens is 3. The lowest BCUT2D eigenvalue weighted by Gasteiger charge is -2.32. The number of carbonyl (C=O) groups excluding carboxylic acids is 1. The lowest BCUT2D eigenvalue weighted by atomic mass is 9.76. The fourth-order valence-electron chi connectivity index (χ4n) is 5.04. The van der Waals surface area contributed by atoms with Crippen LogP contribution in [0.15, 0.2) is 64.8 Å². The number of alkyl halides is 3. The first-order chi connectivity index (χ1) is 19.1. The van der Waals surface area contributed by atoms with Gasteiger partial charge in [-0.25, -0.2) is 4.79 Å². The van der Waals surface area contributed by atoms with Crippen LogP contribution in [0.2, 0.25) is 0 Å². The fourth-order valence-corrected chi connectivity index (χ4v) is 5.04. The van der Waals surface area contributed by atoms with Gasteiger partial charge < -0.3 is 4.57 Å². The molecule has 10 nitrogen and oxygen atoms in total. The first kappa shape index (κ1) is 27.0.